The number of rotatable bonds is 3. The number of aliphatic hydroxyl groups is 1. The van der Waals surface area contributed by atoms with Gasteiger partial charge in [-0.05, 0) is 17.7 Å². The molecule has 0 radical (unpaired) electrons. The summed E-state index contributed by atoms with van der Waals surface area (Å²) < 4.78 is 0. The number of aromatic nitrogens is 2. The standard InChI is InChI=1S/C9H12ClN3O/c10-9-11-2-1-8(12-9)5-13-3-7(4-13)6-14/h1-2,7,14H,3-6H2. The molecule has 76 valence electrons. The third-order valence-corrected chi connectivity index (χ3v) is 2.54. The average molecular weight is 214 g/mol. The zero-order valence-corrected chi connectivity index (χ0v) is 8.48. The van der Waals surface area contributed by atoms with Crippen LogP contribution in [0.15, 0.2) is 12.3 Å². The molecule has 1 aromatic heterocycles. The van der Waals surface area contributed by atoms with Crippen molar-refractivity contribution in [2.24, 2.45) is 5.92 Å². The van der Waals surface area contributed by atoms with Crippen LogP contribution in [0.4, 0.5) is 0 Å². The van der Waals surface area contributed by atoms with E-state index in [2.05, 4.69) is 14.9 Å². The molecule has 1 fully saturated rings. The predicted molar refractivity (Wildman–Crippen MR) is 52.9 cm³/mol. The number of hydrogen-bond acceptors (Lipinski definition) is 4. The van der Waals surface area contributed by atoms with Crippen LogP contribution in [0.25, 0.3) is 0 Å². The van der Waals surface area contributed by atoms with Gasteiger partial charge in [0.15, 0.2) is 0 Å². The van der Waals surface area contributed by atoms with E-state index in [0.29, 0.717) is 11.2 Å². The largest absolute Gasteiger partial charge is 0.396 e. The molecule has 0 spiro atoms. The highest BCUT2D eigenvalue weighted by molar-refractivity contribution is 6.28. The molecule has 2 heterocycles. The van der Waals surface area contributed by atoms with Crippen LogP contribution in [0, 0.1) is 5.92 Å². The van der Waals surface area contributed by atoms with Gasteiger partial charge in [-0.1, -0.05) is 0 Å². The van der Waals surface area contributed by atoms with Crippen molar-refractivity contribution in [3.63, 3.8) is 0 Å². The van der Waals surface area contributed by atoms with Crippen LogP contribution in [0.2, 0.25) is 5.28 Å². The van der Waals surface area contributed by atoms with E-state index in [1.807, 2.05) is 6.07 Å². The molecule has 4 nitrogen and oxygen atoms in total. The second-order valence-corrected chi connectivity index (χ2v) is 3.90. The predicted octanol–water partition coefficient (Wildman–Crippen LogP) is 0.554. The van der Waals surface area contributed by atoms with Gasteiger partial charge in [-0.15, -0.1) is 0 Å². The number of aliphatic hydroxyl groups excluding tert-OH is 1. The first-order valence-corrected chi connectivity index (χ1v) is 4.96. The highest BCUT2D eigenvalue weighted by Gasteiger charge is 2.25. The molecule has 1 aliphatic heterocycles. The fourth-order valence-electron chi connectivity index (χ4n) is 1.61. The Bertz CT molecular complexity index is 315. The van der Waals surface area contributed by atoms with Gasteiger partial charge < -0.3 is 5.11 Å². The molecular formula is C9H12ClN3O. The van der Waals surface area contributed by atoms with Crippen molar-refractivity contribution >= 4 is 11.6 Å². The lowest BCUT2D eigenvalue weighted by atomic mass is 10.0. The summed E-state index contributed by atoms with van der Waals surface area (Å²) in [5, 5.41) is 9.13. The van der Waals surface area contributed by atoms with Gasteiger partial charge in [-0.2, -0.15) is 0 Å². The molecule has 1 saturated heterocycles. The molecule has 1 aliphatic rings. The van der Waals surface area contributed by atoms with E-state index in [1.54, 1.807) is 6.20 Å². The number of likely N-dealkylation sites (tertiary alicyclic amines) is 1. The SMILES string of the molecule is OCC1CN(Cc2ccnc(Cl)n2)C1. The first-order valence-electron chi connectivity index (χ1n) is 4.58. The summed E-state index contributed by atoms with van der Waals surface area (Å²) in [6.45, 7) is 2.95. The van der Waals surface area contributed by atoms with Crippen LogP contribution in [-0.4, -0.2) is 39.7 Å². The topological polar surface area (TPSA) is 49.2 Å². The Morgan fingerprint density at radius 1 is 1.57 bits per heavy atom. The molecule has 0 saturated carbocycles. The lowest BCUT2D eigenvalue weighted by Crippen LogP contribution is -2.47. The van der Waals surface area contributed by atoms with Gasteiger partial charge in [0.2, 0.25) is 5.28 Å². The minimum absolute atomic E-state index is 0.279. The van der Waals surface area contributed by atoms with Gasteiger partial charge in [0.25, 0.3) is 0 Å². The lowest BCUT2D eigenvalue weighted by molar-refractivity contribution is 0.0469. The maximum atomic E-state index is 8.84. The maximum absolute atomic E-state index is 8.84. The molecule has 0 unspecified atom stereocenters. The monoisotopic (exact) mass is 213 g/mol. The van der Waals surface area contributed by atoms with Crippen molar-refractivity contribution in [2.75, 3.05) is 19.7 Å². The molecular weight excluding hydrogens is 202 g/mol. The molecule has 0 aromatic carbocycles. The summed E-state index contributed by atoms with van der Waals surface area (Å²) >= 11 is 5.66. The Balaban J connectivity index is 1.87. The third-order valence-electron chi connectivity index (χ3n) is 2.36. The first kappa shape index (κ1) is 9.83. The fourth-order valence-corrected chi connectivity index (χ4v) is 1.77. The Hall–Kier alpha value is -0.710. The first-order chi connectivity index (χ1) is 6.78. The van der Waals surface area contributed by atoms with Crippen molar-refractivity contribution in [3.05, 3.63) is 23.2 Å². The van der Waals surface area contributed by atoms with Crippen LogP contribution in [0.1, 0.15) is 5.69 Å². The van der Waals surface area contributed by atoms with E-state index in [1.165, 1.54) is 0 Å². The van der Waals surface area contributed by atoms with Crippen LogP contribution < -0.4 is 0 Å². The molecule has 2 rings (SSSR count). The Morgan fingerprint density at radius 3 is 3.00 bits per heavy atom. The third kappa shape index (κ3) is 2.20. The van der Waals surface area contributed by atoms with Crippen molar-refractivity contribution in [1.82, 2.24) is 14.9 Å². The van der Waals surface area contributed by atoms with Crippen molar-refractivity contribution in [3.8, 4) is 0 Å². The number of hydrogen-bond donors (Lipinski definition) is 1. The van der Waals surface area contributed by atoms with Crippen molar-refractivity contribution in [2.45, 2.75) is 6.54 Å². The molecule has 0 amide bonds. The van der Waals surface area contributed by atoms with E-state index >= 15 is 0 Å². The minimum Gasteiger partial charge on any atom is -0.396 e. The van der Waals surface area contributed by atoms with Gasteiger partial charge in [-0.25, -0.2) is 9.97 Å². The second kappa shape index (κ2) is 4.21. The lowest BCUT2D eigenvalue weighted by Gasteiger charge is -2.37. The van der Waals surface area contributed by atoms with Crippen molar-refractivity contribution < 1.29 is 5.11 Å². The van der Waals surface area contributed by atoms with E-state index in [9.17, 15) is 0 Å². The summed E-state index contributed by atoms with van der Waals surface area (Å²) in [6, 6.07) is 1.86. The van der Waals surface area contributed by atoms with Gasteiger partial charge in [0, 0.05) is 38.4 Å². The smallest absolute Gasteiger partial charge is 0.222 e. The Kier molecular flexibility index (Phi) is 2.96. The molecule has 0 atom stereocenters. The minimum atomic E-state index is 0.279. The molecule has 1 aromatic rings. The van der Waals surface area contributed by atoms with Crippen LogP contribution in [-0.2, 0) is 6.54 Å². The summed E-state index contributed by atoms with van der Waals surface area (Å²) in [5.41, 5.74) is 0.932. The zero-order valence-electron chi connectivity index (χ0n) is 7.73. The second-order valence-electron chi connectivity index (χ2n) is 3.56. The normalized spacial score (nSPS) is 18.1. The fraction of sp³-hybridized carbons (Fsp3) is 0.556. The summed E-state index contributed by atoms with van der Waals surface area (Å²) in [7, 11) is 0. The summed E-state index contributed by atoms with van der Waals surface area (Å²) in [4.78, 5) is 10.1. The zero-order chi connectivity index (χ0) is 9.97. The molecule has 5 heteroatoms. The molecule has 0 bridgehead atoms. The Labute approximate surface area is 87.5 Å². The highest BCUT2D eigenvalue weighted by atomic mass is 35.5. The van der Waals surface area contributed by atoms with E-state index in [4.69, 9.17) is 16.7 Å². The van der Waals surface area contributed by atoms with Crippen molar-refractivity contribution in [1.29, 1.82) is 0 Å². The molecule has 1 N–H and O–H groups in total. The van der Waals surface area contributed by atoms with Crippen LogP contribution in [0.5, 0.6) is 0 Å². The maximum Gasteiger partial charge on any atom is 0.222 e. The average Bonchev–Trinajstić information content (AvgIpc) is 2.10. The summed E-state index contributed by atoms with van der Waals surface area (Å²) in [6.07, 6.45) is 1.66. The number of halogens is 1. The van der Waals surface area contributed by atoms with Gasteiger partial charge >= 0.3 is 0 Å². The molecule has 0 aliphatic carbocycles. The van der Waals surface area contributed by atoms with Gasteiger partial charge in [0.1, 0.15) is 0 Å². The number of nitrogens with zero attached hydrogens (tertiary/aromatic N) is 3. The van der Waals surface area contributed by atoms with E-state index in [-0.39, 0.29) is 6.61 Å². The van der Waals surface area contributed by atoms with Gasteiger partial charge in [-0.3, -0.25) is 4.90 Å². The van der Waals surface area contributed by atoms with E-state index in [0.717, 1.165) is 25.3 Å². The van der Waals surface area contributed by atoms with Crippen LogP contribution in [0.3, 0.4) is 0 Å². The van der Waals surface area contributed by atoms with E-state index < -0.39 is 0 Å². The quantitative estimate of drug-likeness (QED) is 0.746. The van der Waals surface area contributed by atoms with Gasteiger partial charge in [0.05, 0.1) is 5.69 Å². The molecule has 14 heavy (non-hydrogen) atoms. The summed E-state index contributed by atoms with van der Waals surface area (Å²) in [5.74, 6) is 0.437. The van der Waals surface area contributed by atoms with Crippen LogP contribution >= 0.6 is 11.6 Å². The Morgan fingerprint density at radius 2 is 2.36 bits per heavy atom. The highest BCUT2D eigenvalue weighted by Crippen LogP contribution is 2.17.